The number of sulfone groups is 1. The summed E-state index contributed by atoms with van der Waals surface area (Å²) in [7, 11) is -1.91. The maximum atomic E-state index is 13.7. The summed E-state index contributed by atoms with van der Waals surface area (Å²) >= 11 is 0. The van der Waals surface area contributed by atoms with Crippen molar-refractivity contribution in [3.05, 3.63) is 126 Å². The van der Waals surface area contributed by atoms with Crippen LogP contribution >= 0.6 is 0 Å². The Kier molecular flexibility index (Phi) is 9.15. The smallest absolute Gasteiger partial charge is 0.197 e. The molecule has 0 radical (unpaired) electrons. The van der Waals surface area contributed by atoms with E-state index in [-0.39, 0.29) is 16.6 Å². The van der Waals surface area contributed by atoms with Crippen molar-refractivity contribution in [2.75, 3.05) is 32.6 Å². The van der Waals surface area contributed by atoms with Gasteiger partial charge in [-0.3, -0.25) is 4.98 Å². The standard InChI is InChI=1S/C34H34FN3O3S/c1-3-22-42(39,40)32(23-26-6-4-25(5-7-26)16-21-41-2)38-19-14-27(15-20-38)31-24-37-34(29-8-10-30(35)11-9-29)33(31)28-12-17-36-18-13-28/h3-14,17-18,23-24,37H,1,15-16,19-22H2,2H3. The molecular weight excluding hydrogens is 549 g/mol. The molecule has 4 aromatic rings. The number of ether oxygens (including phenoxy) is 1. The highest BCUT2D eigenvalue weighted by atomic mass is 32.2. The van der Waals surface area contributed by atoms with Gasteiger partial charge in [-0.1, -0.05) is 36.4 Å². The second-order valence-corrected chi connectivity index (χ2v) is 12.1. The number of pyridine rings is 1. The maximum absolute atomic E-state index is 13.7. The molecule has 0 spiro atoms. The molecule has 6 nitrogen and oxygen atoms in total. The molecule has 42 heavy (non-hydrogen) atoms. The molecule has 1 N–H and O–H groups in total. The van der Waals surface area contributed by atoms with Gasteiger partial charge in [0, 0.05) is 49.9 Å². The Morgan fingerprint density at radius 1 is 1.07 bits per heavy atom. The van der Waals surface area contributed by atoms with Crippen molar-refractivity contribution in [3.63, 3.8) is 0 Å². The van der Waals surface area contributed by atoms with E-state index in [0.29, 0.717) is 26.1 Å². The van der Waals surface area contributed by atoms with Crippen LogP contribution in [0.3, 0.4) is 0 Å². The van der Waals surface area contributed by atoms with E-state index in [0.717, 1.165) is 51.1 Å². The van der Waals surface area contributed by atoms with Crippen molar-refractivity contribution in [3.8, 4) is 22.4 Å². The van der Waals surface area contributed by atoms with Crippen molar-refractivity contribution < 1.29 is 17.5 Å². The van der Waals surface area contributed by atoms with Crippen LogP contribution in [-0.2, 0) is 21.0 Å². The summed E-state index contributed by atoms with van der Waals surface area (Å²) in [4.78, 5) is 9.50. The van der Waals surface area contributed by atoms with Crippen LogP contribution in [0.1, 0.15) is 23.1 Å². The molecule has 0 fully saturated rings. The van der Waals surface area contributed by atoms with Gasteiger partial charge in [0.05, 0.1) is 18.1 Å². The van der Waals surface area contributed by atoms with E-state index in [1.807, 2.05) is 47.5 Å². The first-order valence-electron chi connectivity index (χ1n) is 13.8. The van der Waals surface area contributed by atoms with E-state index in [1.165, 1.54) is 18.2 Å². The summed E-state index contributed by atoms with van der Waals surface area (Å²) < 4.78 is 45.6. The lowest BCUT2D eigenvalue weighted by Gasteiger charge is -2.30. The Hall–Kier alpha value is -4.27. The number of H-pyrrole nitrogens is 1. The summed E-state index contributed by atoms with van der Waals surface area (Å²) in [5, 5.41) is 0.290. The molecule has 0 saturated carbocycles. The molecule has 0 aliphatic carbocycles. The van der Waals surface area contributed by atoms with Crippen molar-refractivity contribution >= 4 is 21.5 Å². The van der Waals surface area contributed by atoms with Gasteiger partial charge in [0.15, 0.2) is 9.84 Å². The van der Waals surface area contributed by atoms with Gasteiger partial charge >= 0.3 is 0 Å². The molecule has 216 valence electrons. The van der Waals surface area contributed by atoms with Gasteiger partial charge in [0.2, 0.25) is 0 Å². The first-order chi connectivity index (χ1) is 20.4. The van der Waals surface area contributed by atoms with Gasteiger partial charge in [-0.15, -0.1) is 6.58 Å². The molecule has 2 aromatic heterocycles. The number of methoxy groups -OCH3 is 1. The van der Waals surface area contributed by atoms with E-state index in [9.17, 15) is 12.8 Å². The third-order valence-electron chi connectivity index (χ3n) is 7.37. The molecule has 0 bridgehead atoms. The molecule has 8 heteroatoms. The summed E-state index contributed by atoms with van der Waals surface area (Å²) in [5.74, 6) is -0.425. The zero-order valence-electron chi connectivity index (χ0n) is 23.6. The number of aromatic amines is 1. The third kappa shape index (κ3) is 6.61. The minimum absolute atomic E-state index is 0.136. The lowest BCUT2D eigenvalue weighted by molar-refractivity contribution is 0.202. The molecular formula is C34H34FN3O3S. The lowest BCUT2D eigenvalue weighted by Crippen LogP contribution is -2.32. The van der Waals surface area contributed by atoms with Crippen LogP contribution in [0.25, 0.3) is 34.0 Å². The van der Waals surface area contributed by atoms with Gasteiger partial charge in [0.25, 0.3) is 0 Å². The minimum Gasteiger partial charge on any atom is -0.384 e. The van der Waals surface area contributed by atoms with Crippen LogP contribution in [-0.4, -0.2) is 55.8 Å². The van der Waals surface area contributed by atoms with E-state index in [4.69, 9.17) is 4.74 Å². The van der Waals surface area contributed by atoms with E-state index in [1.54, 1.807) is 37.7 Å². The monoisotopic (exact) mass is 583 g/mol. The molecule has 0 saturated heterocycles. The molecule has 3 heterocycles. The number of hydrogen-bond acceptors (Lipinski definition) is 5. The van der Waals surface area contributed by atoms with Crippen molar-refractivity contribution in [2.24, 2.45) is 0 Å². The number of aromatic nitrogens is 2. The lowest BCUT2D eigenvalue weighted by atomic mass is 9.92. The van der Waals surface area contributed by atoms with Crippen LogP contribution in [0, 0.1) is 5.82 Å². The fourth-order valence-corrected chi connectivity index (χ4v) is 6.57. The maximum Gasteiger partial charge on any atom is 0.197 e. The largest absolute Gasteiger partial charge is 0.384 e. The van der Waals surface area contributed by atoms with Gasteiger partial charge in [-0.2, -0.15) is 0 Å². The fraction of sp³-hybridized carbons (Fsp3) is 0.206. The predicted molar refractivity (Wildman–Crippen MR) is 168 cm³/mol. The van der Waals surface area contributed by atoms with Crippen LogP contribution in [0.5, 0.6) is 0 Å². The summed E-state index contributed by atoms with van der Waals surface area (Å²) in [6.45, 7) is 5.27. The van der Waals surface area contributed by atoms with E-state index >= 15 is 0 Å². The number of nitrogens with zero attached hydrogens (tertiary/aromatic N) is 2. The van der Waals surface area contributed by atoms with Gasteiger partial charge < -0.3 is 14.6 Å². The average Bonchev–Trinajstić information content (AvgIpc) is 3.45. The normalized spacial score (nSPS) is 14.1. The molecule has 0 unspecified atom stereocenters. The highest BCUT2D eigenvalue weighted by molar-refractivity contribution is 7.95. The van der Waals surface area contributed by atoms with Gasteiger partial charge in [-0.05, 0) is 83.1 Å². The SMILES string of the molecule is C=CCS(=O)(=O)C(=Cc1ccc(CCOC)cc1)N1CC=C(c2c[nH]c(-c3ccc(F)cc3)c2-c2ccncc2)CC1. The van der Waals surface area contributed by atoms with Crippen molar-refractivity contribution in [1.82, 2.24) is 14.9 Å². The zero-order chi connectivity index (χ0) is 29.5. The zero-order valence-corrected chi connectivity index (χ0v) is 24.4. The van der Waals surface area contributed by atoms with Crippen LogP contribution < -0.4 is 0 Å². The van der Waals surface area contributed by atoms with Gasteiger partial charge in [0.1, 0.15) is 10.8 Å². The third-order valence-corrected chi connectivity index (χ3v) is 9.06. The number of nitrogens with one attached hydrogen (secondary N) is 1. The Morgan fingerprint density at radius 2 is 1.81 bits per heavy atom. The Balaban J connectivity index is 1.48. The second kappa shape index (κ2) is 13.1. The van der Waals surface area contributed by atoms with Crippen LogP contribution in [0.15, 0.2) is 103 Å². The summed E-state index contributed by atoms with van der Waals surface area (Å²) in [5.41, 5.74) is 7.87. The van der Waals surface area contributed by atoms with Crippen molar-refractivity contribution in [1.29, 1.82) is 0 Å². The van der Waals surface area contributed by atoms with Crippen molar-refractivity contribution in [2.45, 2.75) is 12.8 Å². The van der Waals surface area contributed by atoms with Crippen LogP contribution in [0.2, 0.25) is 0 Å². The summed E-state index contributed by atoms with van der Waals surface area (Å²) in [6.07, 6.45) is 12.2. The number of benzene rings is 2. The molecule has 5 rings (SSSR count). The predicted octanol–water partition coefficient (Wildman–Crippen LogP) is 6.76. The molecule has 2 aromatic carbocycles. The minimum atomic E-state index is -3.59. The molecule has 0 amide bonds. The topological polar surface area (TPSA) is 75.3 Å². The Morgan fingerprint density at radius 3 is 2.45 bits per heavy atom. The number of hydrogen-bond donors (Lipinski definition) is 1. The summed E-state index contributed by atoms with van der Waals surface area (Å²) in [6, 6.07) is 18.2. The first-order valence-corrected chi connectivity index (χ1v) is 15.5. The first kappa shape index (κ1) is 29.2. The molecule has 0 atom stereocenters. The Bertz CT molecular complexity index is 1690. The quantitative estimate of drug-likeness (QED) is 0.198. The second-order valence-electron chi connectivity index (χ2n) is 10.2. The average molecular weight is 584 g/mol. The fourth-order valence-electron chi connectivity index (χ4n) is 5.21. The Labute approximate surface area is 246 Å². The highest BCUT2D eigenvalue weighted by Gasteiger charge is 2.26. The highest BCUT2D eigenvalue weighted by Crippen LogP contribution is 2.40. The van der Waals surface area contributed by atoms with E-state index < -0.39 is 9.84 Å². The number of halogens is 1. The number of rotatable bonds is 11. The van der Waals surface area contributed by atoms with Gasteiger partial charge in [-0.25, -0.2) is 12.8 Å². The molecule has 1 aliphatic rings. The molecule has 1 aliphatic heterocycles. The van der Waals surface area contributed by atoms with Crippen LogP contribution in [0.4, 0.5) is 4.39 Å². The van der Waals surface area contributed by atoms with E-state index in [2.05, 4.69) is 22.6 Å².